The van der Waals surface area contributed by atoms with Gasteiger partial charge in [-0.05, 0) is 17.8 Å². The molecular weight excluding hydrogens is 242 g/mol. The molecule has 7 nitrogen and oxygen atoms in total. The largest absolute Gasteiger partial charge is 0.398 e. The first kappa shape index (κ1) is 11.4. The van der Waals surface area contributed by atoms with E-state index >= 15 is 0 Å². The van der Waals surface area contributed by atoms with E-state index in [-0.39, 0.29) is 5.69 Å². The highest BCUT2D eigenvalue weighted by Gasteiger charge is 2.11. The highest BCUT2D eigenvalue weighted by atomic mass is 32.2. The Hall–Kier alpha value is -2.09. The number of hydrogen-bond donors (Lipinski definition) is 1. The molecule has 0 unspecified atom stereocenters. The Kier molecular flexibility index (Phi) is 2.96. The molecule has 0 atom stereocenters. The van der Waals surface area contributed by atoms with Gasteiger partial charge in [0.25, 0.3) is 5.69 Å². The summed E-state index contributed by atoms with van der Waals surface area (Å²) < 4.78 is 1.60. The predicted molar refractivity (Wildman–Crippen MR) is 62.6 cm³/mol. The summed E-state index contributed by atoms with van der Waals surface area (Å²) >= 11 is 1.31. The number of nitrogens with zero attached hydrogens (tertiary/aromatic N) is 4. The van der Waals surface area contributed by atoms with Gasteiger partial charge in [0.2, 0.25) is 0 Å². The Balaban J connectivity index is 2.29. The second-order valence-electron chi connectivity index (χ2n) is 3.25. The molecule has 0 radical (unpaired) electrons. The number of aromatic nitrogens is 3. The minimum absolute atomic E-state index is 0.0233. The van der Waals surface area contributed by atoms with Crippen molar-refractivity contribution in [3.8, 4) is 0 Å². The normalized spacial score (nSPS) is 10.4. The number of non-ortho nitro benzene ring substituents is 1. The van der Waals surface area contributed by atoms with E-state index in [2.05, 4.69) is 10.1 Å². The SMILES string of the molecule is Cn1ncnc1Sc1ccc([N+](=O)[O-])cc1N. The van der Waals surface area contributed by atoms with Gasteiger partial charge in [0, 0.05) is 24.1 Å². The molecule has 17 heavy (non-hydrogen) atoms. The van der Waals surface area contributed by atoms with E-state index < -0.39 is 4.92 Å². The van der Waals surface area contributed by atoms with Gasteiger partial charge < -0.3 is 5.73 Å². The molecule has 0 saturated heterocycles. The molecule has 0 aliphatic carbocycles. The van der Waals surface area contributed by atoms with Crippen LogP contribution in [0, 0.1) is 10.1 Å². The van der Waals surface area contributed by atoms with Crippen LogP contribution in [-0.4, -0.2) is 19.7 Å². The molecule has 1 heterocycles. The minimum Gasteiger partial charge on any atom is -0.398 e. The molecule has 0 bridgehead atoms. The topological polar surface area (TPSA) is 99.9 Å². The molecule has 1 aromatic heterocycles. The highest BCUT2D eigenvalue weighted by Crippen LogP contribution is 2.32. The van der Waals surface area contributed by atoms with Crippen molar-refractivity contribution in [3.05, 3.63) is 34.6 Å². The van der Waals surface area contributed by atoms with Crippen LogP contribution in [0.25, 0.3) is 0 Å². The average Bonchev–Trinajstić information content (AvgIpc) is 2.67. The number of nitrogens with two attached hydrogens (primary N) is 1. The van der Waals surface area contributed by atoms with E-state index in [0.29, 0.717) is 15.7 Å². The summed E-state index contributed by atoms with van der Waals surface area (Å²) in [6.07, 6.45) is 1.43. The number of hydrogen-bond acceptors (Lipinski definition) is 6. The maximum absolute atomic E-state index is 10.6. The molecule has 1 aromatic carbocycles. The Morgan fingerprint density at radius 2 is 2.29 bits per heavy atom. The molecular formula is C9H9N5O2S. The van der Waals surface area contributed by atoms with Crippen molar-refractivity contribution in [1.29, 1.82) is 0 Å². The van der Waals surface area contributed by atoms with Gasteiger partial charge in [0.05, 0.1) is 10.6 Å². The summed E-state index contributed by atoms with van der Waals surface area (Å²) in [4.78, 5) is 14.8. The molecule has 2 N–H and O–H groups in total. The van der Waals surface area contributed by atoms with Crippen molar-refractivity contribution in [3.63, 3.8) is 0 Å². The zero-order valence-electron chi connectivity index (χ0n) is 8.90. The lowest BCUT2D eigenvalue weighted by molar-refractivity contribution is -0.384. The Morgan fingerprint density at radius 1 is 1.53 bits per heavy atom. The summed E-state index contributed by atoms with van der Waals surface area (Å²) in [5.74, 6) is 0. The fourth-order valence-corrected chi connectivity index (χ4v) is 2.01. The van der Waals surface area contributed by atoms with Crippen LogP contribution in [0.3, 0.4) is 0 Å². The quantitative estimate of drug-likeness (QED) is 0.503. The summed E-state index contributed by atoms with van der Waals surface area (Å²) in [6, 6.07) is 4.35. The first-order valence-corrected chi connectivity index (χ1v) is 5.45. The van der Waals surface area contributed by atoms with Crippen molar-refractivity contribution < 1.29 is 4.92 Å². The third-order valence-electron chi connectivity index (χ3n) is 2.08. The standard InChI is InChI=1S/C9H9N5O2S/c1-13-9(11-5-12-13)17-8-3-2-6(14(15)16)4-7(8)10/h2-5H,10H2,1H3. The van der Waals surface area contributed by atoms with Crippen LogP contribution in [0.4, 0.5) is 11.4 Å². The molecule has 0 fully saturated rings. The van der Waals surface area contributed by atoms with Crippen LogP contribution in [0.2, 0.25) is 0 Å². The van der Waals surface area contributed by atoms with Gasteiger partial charge in [-0.3, -0.25) is 10.1 Å². The molecule has 88 valence electrons. The second kappa shape index (κ2) is 4.42. The number of aryl methyl sites for hydroxylation is 1. The van der Waals surface area contributed by atoms with Crippen LogP contribution in [0.5, 0.6) is 0 Å². The van der Waals surface area contributed by atoms with Gasteiger partial charge in [-0.15, -0.1) is 0 Å². The minimum atomic E-state index is -0.479. The van der Waals surface area contributed by atoms with Crippen LogP contribution in [0.1, 0.15) is 0 Å². The molecule has 2 rings (SSSR count). The third-order valence-corrected chi connectivity index (χ3v) is 3.22. The summed E-state index contributed by atoms with van der Waals surface area (Å²) in [6.45, 7) is 0. The second-order valence-corrected chi connectivity index (χ2v) is 4.26. The highest BCUT2D eigenvalue weighted by molar-refractivity contribution is 7.99. The van der Waals surface area contributed by atoms with Gasteiger partial charge in [-0.1, -0.05) is 0 Å². The Bertz CT molecular complexity index is 568. The first-order valence-electron chi connectivity index (χ1n) is 4.63. The van der Waals surface area contributed by atoms with Crippen LogP contribution >= 0.6 is 11.8 Å². The van der Waals surface area contributed by atoms with E-state index in [1.165, 1.54) is 30.2 Å². The Morgan fingerprint density at radius 3 is 2.82 bits per heavy atom. The van der Waals surface area contributed by atoms with Crippen molar-refractivity contribution >= 4 is 23.1 Å². The number of benzene rings is 1. The summed E-state index contributed by atoms with van der Waals surface area (Å²) in [5.41, 5.74) is 6.07. The summed E-state index contributed by atoms with van der Waals surface area (Å²) in [7, 11) is 1.76. The number of nitro groups is 1. The van der Waals surface area contributed by atoms with Gasteiger partial charge in [-0.2, -0.15) is 5.10 Å². The van der Waals surface area contributed by atoms with Gasteiger partial charge in [0.15, 0.2) is 5.16 Å². The van der Waals surface area contributed by atoms with E-state index in [1.54, 1.807) is 17.8 Å². The van der Waals surface area contributed by atoms with E-state index in [0.717, 1.165) is 0 Å². The lowest BCUT2D eigenvalue weighted by atomic mass is 10.3. The van der Waals surface area contributed by atoms with Crippen LogP contribution < -0.4 is 5.73 Å². The maximum Gasteiger partial charge on any atom is 0.271 e. The van der Waals surface area contributed by atoms with Gasteiger partial charge in [-0.25, -0.2) is 9.67 Å². The molecule has 8 heteroatoms. The van der Waals surface area contributed by atoms with E-state index in [1.807, 2.05) is 0 Å². The van der Waals surface area contributed by atoms with Crippen molar-refractivity contribution in [2.75, 3.05) is 5.73 Å². The molecule has 0 spiro atoms. The Labute approximate surface area is 101 Å². The van der Waals surface area contributed by atoms with Gasteiger partial charge >= 0.3 is 0 Å². The number of rotatable bonds is 3. The first-order chi connectivity index (χ1) is 8.08. The third kappa shape index (κ3) is 2.36. The lowest BCUT2D eigenvalue weighted by Gasteiger charge is -2.03. The fraction of sp³-hybridized carbons (Fsp3) is 0.111. The van der Waals surface area contributed by atoms with Crippen molar-refractivity contribution in [1.82, 2.24) is 14.8 Å². The molecule has 0 saturated carbocycles. The molecule has 0 aliphatic heterocycles. The monoisotopic (exact) mass is 251 g/mol. The molecule has 0 aliphatic rings. The molecule has 2 aromatic rings. The van der Waals surface area contributed by atoms with Crippen molar-refractivity contribution in [2.45, 2.75) is 10.1 Å². The van der Waals surface area contributed by atoms with Crippen LogP contribution in [-0.2, 0) is 7.05 Å². The van der Waals surface area contributed by atoms with Crippen molar-refractivity contribution in [2.24, 2.45) is 7.05 Å². The van der Waals surface area contributed by atoms with E-state index in [4.69, 9.17) is 5.73 Å². The van der Waals surface area contributed by atoms with E-state index in [9.17, 15) is 10.1 Å². The predicted octanol–water partition coefficient (Wildman–Crippen LogP) is 1.46. The fourth-order valence-electron chi connectivity index (χ4n) is 1.22. The zero-order chi connectivity index (χ0) is 12.4. The maximum atomic E-state index is 10.6. The lowest BCUT2D eigenvalue weighted by Crippen LogP contribution is -1.96. The smallest absolute Gasteiger partial charge is 0.271 e. The molecule has 0 amide bonds. The number of anilines is 1. The number of nitrogen functional groups attached to an aromatic ring is 1. The summed E-state index contributed by atoms with van der Waals surface area (Å²) in [5, 5.41) is 15.1. The van der Waals surface area contributed by atoms with Gasteiger partial charge in [0.1, 0.15) is 6.33 Å². The zero-order valence-corrected chi connectivity index (χ0v) is 9.72. The average molecular weight is 251 g/mol. The van der Waals surface area contributed by atoms with Crippen LogP contribution in [0.15, 0.2) is 34.6 Å². The number of nitro benzene ring substituents is 1.